The lowest BCUT2D eigenvalue weighted by atomic mass is 9.77. The second kappa shape index (κ2) is 4.92. The molecule has 1 fully saturated rings. The quantitative estimate of drug-likeness (QED) is 0.787. The summed E-state index contributed by atoms with van der Waals surface area (Å²) < 4.78 is 0. The first-order valence-corrected chi connectivity index (χ1v) is 6.68. The van der Waals surface area contributed by atoms with Crippen LogP contribution in [0.4, 0.5) is 0 Å². The minimum Gasteiger partial charge on any atom is -0.285 e. The van der Waals surface area contributed by atoms with Crippen LogP contribution in [-0.4, -0.2) is 15.8 Å². The first-order valence-electron chi connectivity index (χ1n) is 6.68. The molecule has 0 amide bonds. The largest absolute Gasteiger partial charge is 0.285 e. The number of carbonyl (C=O) groups excluding carboxylic acids is 1. The van der Waals surface area contributed by atoms with E-state index in [9.17, 15) is 4.79 Å². The van der Waals surface area contributed by atoms with Crippen molar-refractivity contribution in [2.75, 3.05) is 0 Å². The van der Waals surface area contributed by atoms with Crippen LogP contribution in [0.3, 0.4) is 0 Å². The zero-order valence-corrected chi connectivity index (χ0v) is 11.0. The van der Waals surface area contributed by atoms with Crippen molar-refractivity contribution in [1.29, 1.82) is 0 Å². The molecular weight excluding hydrogens is 236 g/mol. The maximum atomic E-state index is 12.5. The number of hydrogen-bond acceptors (Lipinski definition) is 3. The molecule has 19 heavy (non-hydrogen) atoms. The van der Waals surface area contributed by atoms with Gasteiger partial charge in [0.15, 0.2) is 0 Å². The van der Waals surface area contributed by atoms with E-state index in [2.05, 4.69) is 16.0 Å². The molecule has 2 aromatic rings. The number of benzene rings is 1. The molecule has 0 radical (unpaired) electrons. The molecule has 1 aromatic heterocycles. The van der Waals surface area contributed by atoms with Gasteiger partial charge in [0.05, 0.1) is 0 Å². The summed E-state index contributed by atoms with van der Waals surface area (Å²) in [7, 11) is 0. The van der Waals surface area contributed by atoms with Crippen LogP contribution in [0.15, 0.2) is 36.7 Å². The molecule has 3 nitrogen and oxygen atoms in total. The second-order valence-electron chi connectivity index (χ2n) is 5.13. The van der Waals surface area contributed by atoms with E-state index in [1.807, 2.05) is 25.1 Å². The maximum Gasteiger partial charge on any atom is 0.230 e. The number of ketones is 1. The third-order valence-electron chi connectivity index (χ3n) is 3.73. The highest BCUT2D eigenvalue weighted by Crippen LogP contribution is 2.38. The Bertz CT molecular complexity index is 600. The van der Waals surface area contributed by atoms with Crippen LogP contribution >= 0.6 is 0 Å². The van der Waals surface area contributed by atoms with Gasteiger partial charge in [0, 0.05) is 18.0 Å². The van der Waals surface area contributed by atoms with Crippen molar-refractivity contribution in [3.8, 4) is 0 Å². The summed E-state index contributed by atoms with van der Waals surface area (Å²) in [5.74, 6) is 0.755. The van der Waals surface area contributed by atoms with Gasteiger partial charge in [-0.15, -0.1) is 0 Å². The zero-order chi connectivity index (χ0) is 13.2. The lowest BCUT2D eigenvalue weighted by molar-refractivity contribution is 0.102. The molecule has 0 bridgehead atoms. The number of nitrogens with zero attached hydrogens (tertiary/aromatic N) is 2. The minimum absolute atomic E-state index is 0.0671. The number of rotatable bonds is 3. The monoisotopic (exact) mass is 252 g/mol. The van der Waals surface area contributed by atoms with Crippen molar-refractivity contribution < 1.29 is 4.79 Å². The Morgan fingerprint density at radius 2 is 1.84 bits per heavy atom. The van der Waals surface area contributed by atoms with E-state index < -0.39 is 0 Å². The molecule has 0 N–H and O–H groups in total. The van der Waals surface area contributed by atoms with Gasteiger partial charge in [0.1, 0.15) is 0 Å². The maximum absolute atomic E-state index is 12.5. The van der Waals surface area contributed by atoms with Crippen LogP contribution in [0.25, 0.3) is 0 Å². The standard InChI is InChI=1S/C16H16N2O/c1-11-9-17-16(18-10-11)15(19)14-8-3-2-7-13(14)12-5-4-6-12/h2-3,7-10,12H,4-6H2,1H3. The topological polar surface area (TPSA) is 42.9 Å². The molecule has 1 aliphatic carbocycles. The zero-order valence-electron chi connectivity index (χ0n) is 11.0. The van der Waals surface area contributed by atoms with Crippen LogP contribution in [0.1, 0.15) is 52.5 Å². The average molecular weight is 252 g/mol. The molecule has 0 aliphatic heterocycles. The van der Waals surface area contributed by atoms with E-state index in [0.717, 1.165) is 16.7 Å². The van der Waals surface area contributed by atoms with Crippen molar-refractivity contribution in [2.45, 2.75) is 32.1 Å². The predicted octanol–water partition coefficient (Wildman–Crippen LogP) is 3.28. The van der Waals surface area contributed by atoms with Crippen LogP contribution < -0.4 is 0 Å². The summed E-state index contributed by atoms with van der Waals surface area (Å²) in [6.07, 6.45) is 6.99. The van der Waals surface area contributed by atoms with Gasteiger partial charge >= 0.3 is 0 Å². The molecule has 3 heteroatoms. The van der Waals surface area contributed by atoms with Gasteiger partial charge < -0.3 is 0 Å². The number of hydrogen-bond donors (Lipinski definition) is 0. The first-order chi connectivity index (χ1) is 9.25. The minimum atomic E-state index is -0.0671. The molecule has 1 aliphatic rings. The third-order valence-corrected chi connectivity index (χ3v) is 3.73. The lowest BCUT2D eigenvalue weighted by Gasteiger charge is -2.27. The summed E-state index contributed by atoms with van der Waals surface area (Å²) in [5, 5.41) is 0. The Hall–Kier alpha value is -2.03. The van der Waals surface area contributed by atoms with Gasteiger partial charge in [-0.1, -0.05) is 30.7 Å². The SMILES string of the molecule is Cc1cnc(C(=O)c2ccccc2C2CCC2)nc1. The Balaban J connectivity index is 1.97. The fourth-order valence-electron chi connectivity index (χ4n) is 2.41. The Labute approximate surface area is 112 Å². The molecular formula is C16H16N2O. The van der Waals surface area contributed by atoms with Gasteiger partial charge in [-0.2, -0.15) is 0 Å². The molecule has 1 heterocycles. The van der Waals surface area contributed by atoms with E-state index in [1.165, 1.54) is 19.3 Å². The fourth-order valence-corrected chi connectivity index (χ4v) is 2.41. The number of carbonyl (C=O) groups is 1. The Morgan fingerprint density at radius 3 is 2.47 bits per heavy atom. The molecule has 0 saturated heterocycles. The van der Waals surface area contributed by atoms with Crippen molar-refractivity contribution in [3.63, 3.8) is 0 Å². The molecule has 0 atom stereocenters. The Kier molecular flexibility index (Phi) is 3.11. The van der Waals surface area contributed by atoms with Crippen LogP contribution in [-0.2, 0) is 0 Å². The Morgan fingerprint density at radius 1 is 1.16 bits per heavy atom. The lowest BCUT2D eigenvalue weighted by Crippen LogP contribution is -2.15. The van der Waals surface area contributed by atoms with Crippen molar-refractivity contribution in [3.05, 3.63) is 59.2 Å². The first kappa shape index (κ1) is 12.0. The smallest absolute Gasteiger partial charge is 0.230 e. The third kappa shape index (κ3) is 2.28. The highest BCUT2D eigenvalue weighted by Gasteiger charge is 2.25. The van der Waals surface area contributed by atoms with Gasteiger partial charge in [0.2, 0.25) is 11.6 Å². The summed E-state index contributed by atoms with van der Waals surface area (Å²) in [6.45, 7) is 1.91. The van der Waals surface area contributed by atoms with E-state index in [1.54, 1.807) is 12.4 Å². The highest BCUT2D eigenvalue weighted by molar-refractivity contribution is 6.07. The number of aromatic nitrogens is 2. The van der Waals surface area contributed by atoms with Gasteiger partial charge in [-0.25, -0.2) is 9.97 Å². The van der Waals surface area contributed by atoms with E-state index in [0.29, 0.717) is 5.92 Å². The van der Waals surface area contributed by atoms with Crippen molar-refractivity contribution in [1.82, 2.24) is 9.97 Å². The molecule has 1 aromatic carbocycles. The molecule has 96 valence electrons. The van der Waals surface area contributed by atoms with Gasteiger partial charge in [0.25, 0.3) is 0 Å². The summed E-state index contributed by atoms with van der Waals surface area (Å²) in [5.41, 5.74) is 2.88. The van der Waals surface area contributed by atoms with E-state index in [4.69, 9.17) is 0 Å². The van der Waals surface area contributed by atoms with Crippen LogP contribution in [0.5, 0.6) is 0 Å². The van der Waals surface area contributed by atoms with E-state index >= 15 is 0 Å². The van der Waals surface area contributed by atoms with E-state index in [-0.39, 0.29) is 11.6 Å². The summed E-state index contributed by atoms with van der Waals surface area (Å²) >= 11 is 0. The van der Waals surface area contributed by atoms with Crippen molar-refractivity contribution in [2.24, 2.45) is 0 Å². The predicted molar refractivity (Wildman–Crippen MR) is 73.2 cm³/mol. The normalized spacial score (nSPS) is 15.0. The fraction of sp³-hybridized carbons (Fsp3) is 0.312. The van der Waals surface area contributed by atoms with Gasteiger partial charge in [-0.3, -0.25) is 4.79 Å². The summed E-state index contributed by atoms with van der Waals surface area (Å²) in [6, 6.07) is 7.86. The molecule has 0 unspecified atom stereocenters. The second-order valence-corrected chi connectivity index (χ2v) is 5.13. The number of aryl methyl sites for hydroxylation is 1. The van der Waals surface area contributed by atoms with Crippen LogP contribution in [0, 0.1) is 6.92 Å². The molecule has 3 rings (SSSR count). The van der Waals surface area contributed by atoms with Crippen molar-refractivity contribution >= 4 is 5.78 Å². The molecule has 0 spiro atoms. The van der Waals surface area contributed by atoms with Crippen LogP contribution in [0.2, 0.25) is 0 Å². The average Bonchev–Trinajstić information content (AvgIpc) is 2.37. The van der Waals surface area contributed by atoms with Gasteiger partial charge in [-0.05, 0) is 36.8 Å². The summed E-state index contributed by atoms with van der Waals surface area (Å²) in [4.78, 5) is 20.8. The highest BCUT2D eigenvalue weighted by atomic mass is 16.1. The molecule has 1 saturated carbocycles.